The molecule has 1 aromatic rings. The molecule has 3 rings (SSSR count). The van der Waals surface area contributed by atoms with Gasteiger partial charge in [0.25, 0.3) is 0 Å². The minimum Gasteiger partial charge on any atom is -0.390 e. The summed E-state index contributed by atoms with van der Waals surface area (Å²) in [4.78, 5) is 0. The zero-order chi connectivity index (χ0) is 14.5. The molecule has 1 heterocycles. The van der Waals surface area contributed by atoms with Crippen LogP contribution in [0.4, 0.5) is 0 Å². The molecule has 0 radical (unpaired) electrons. The largest absolute Gasteiger partial charge is 0.390 e. The van der Waals surface area contributed by atoms with Crippen LogP contribution in [0.2, 0.25) is 0 Å². The lowest BCUT2D eigenvalue weighted by Crippen LogP contribution is -2.49. The normalized spacial score (nSPS) is 35.4. The van der Waals surface area contributed by atoms with E-state index in [-0.39, 0.29) is 0 Å². The molecule has 0 saturated carbocycles. The minimum absolute atomic E-state index is 0.334. The highest BCUT2D eigenvalue weighted by molar-refractivity contribution is 5.43. The van der Waals surface area contributed by atoms with E-state index in [0.717, 1.165) is 11.1 Å². The van der Waals surface area contributed by atoms with Crippen LogP contribution in [0, 0.1) is 0 Å². The Balaban J connectivity index is 2.12. The Morgan fingerprint density at radius 1 is 1.35 bits per heavy atom. The molecule has 1 aliphatic carbocycles. The molecule has 0 spiro atoms. The molecule has 20 heavy (non-hydrogen) atoms. The Hall–Kier alpha value is -1.20. The van der Waals surface area contributed by atoms with Crippen molar-refractivity contribution in [3.05, 3.63) is 48.0 Å². The fourth-order valence-corrected chi connectivity index (χ4v) is 3.39. The molecule has 2 N–H and O–H groups in total. The third-order valence-corrected chi connectivity index (χ3v) is 4.15. The van der Waals surface area contributed by atoms with Crippen LogP contribution in [0.15, 0.2) is 36.9 Å². The lowest BCUT2D eigenvalue weighted by Gasteiger charge is -2.36. The highest BCUT2D eigenvalue weighted by Gasteiger charge is 2.66. The Labute approximate surface area is 118 Å². The van der Waals surface area contributed by atoms with Gasteiger partial charge in [-0.05, 0) is 31.4 Å². The second-order valence-corrected chi connectivity index (χ2v) is 5.92. The summed E-state index contributed by atoms with van der Waals surface area (Å²) in [5.41, 5.74) is 0.478. The van der Waals surface area contributed by atoms with Crippen LogP contribution >= 0.6 is 0 Å². The number of fused-ring (bicyclic) bond motifs is 3. The molecular weight excluding hydrogens is 256 g/mol. The molecule has 0 amide bonds. The van der Waals surface area contributed by atoms with Gasteiger partial charge in [0.05, 0.1) is 6.10 Å². The first kappa shape index (κ1) is 13.8. The summed E-state index contributed by atoms with van der Waals surface area (Å²) in [7, 11) is 0. The van der Waals surface area contributed by atoms with E-state index in [2.05, 4.69) is 6.58 Å². The Kier molecular flexibility index (Phi) is 3.03. The van der Waals surface area contributed by atoms with Crippen molar-refractivity contribution in [1.82, 2.24) is 0 Å². The molecule has 0 bridgehead atoms. The van der Waals surface area contributed by atoms with Crippen LogP contribution in [-0.4, -0.2) is 27.7 Å². The number of ether oxygens (including phenoxy) is 2. The van der Waals surface area contributed by atoms with Gasteiger partial charge in [-0.2, -0.15) is 0 Å². The summed E-state index contributed by atoms with van der Waals surface area (Å²) in [6.45, 7) is 7.24. The van der Waals surface area contributed by atoms with Crippen molar-refractivity contribution >= 4 is 0 Å². The second kappa shape index (κ2) is 4.40. The summed E-state index contributed by atoms with van der Waals surface area (Å²) in [6, 6.07) is 7.52. The smallest absolute Gasteiger partial charge is 0.164 e. The van der Waals surface area contributed by atoms with Crippen molar-refractivity contribution in [3.63, 3.8) is 0 Å². The summed E-state index contributed by atoms with van der Waals surface area (Å²) in [5.74, 6) is -0.846. The first-order valence-electron chi connectivity index (χ1n) is 6.86. The molecule has 1 fully saturated rings. The molecule has 4 atom stereocenters. The fraction of sp³-hybridized carbons (Fsp3) is 0.500. The van der Waals surface area contributed by atoms with Gasteiger partial charge in [-0.25, -0.2) is 0 Å². The molecule has 0 aromatic heterocycles. The topological polar surface area (TPSA) is 58.9 Å². The number of aliphatic hydroxyl groups excluding tert-OH is 2. The van der Waals surface area contributed by atoms with E-state index in [0.29, 0.717) is 6.42 Å². The predicted molar refractivity (Wildman–Crippen MR) is 73.9 cm³/mol. The van der Waals surface area contributed by atoms with E-state index in [1.54, 1.807) is 19.9 Å². The van der Waals surface area contributed by atoms with Gasteiger partial charge in [0.2, 0.25) is 0 Å². The van der Waals surface area contributed by atoms with E-state index >= 15 is 0 Å². The molecule has 4 nitrogen and oxygen atoms in total. The maximum Gasteiger partial charge on any atom is 0.164 e. The van der Waals surface area contributed by atoms with E-state index in [9.17, 15) is 10.2 Å². The molecule has 0 unspecified atom stereocenters. The average Bonchev–Trinajstić information content (AvgIpc) is 2.81. The zero-order valence-electron chi connectivity index (χ0n) is 11.7. The van der Waals surface area contributed by atoms with Gasteiger partial charge in [0.1, 0.15) is 12.2 Å². The van der Waals surface area contributed by atoms with E-state index < -0.39 is 29.7 Å². The van der Waals surface area contributed by atoms with Crippen molar-refractivity contribution in [2.24, 2.45) is 0 Å². The average molecular weight is 276 g/mol. The van der Waals surface area contributed by atoms with Crippen molar-refractivity contribution in [2.45, 2.75) is 50.0 Å². The summed E-state index contributed by atoms with van der Waals surface area (Å²) in [6.07, 6.45) is -0.310. The van der Waals surface area contributed by atoms with Gasteiger partial charge in [0, 0.05) is 0 Å². The van der Waals surface area contributed by atoms with Gasteiger partial charge in [-0.15, -0.1) is 6.58 Å². The molecule has 108 valence electrons. The monoisotopic (exact) mass is 276 g/mol. The molecule has 4 heteroatoms. The van der Waals surface area contributed by atoms with Crippen molar-refractivity contribution < 1.29 is 19.7 Å². The van der Waals surface area contributed by atoms with Crippen LogP contribution in [0.3, 0.4) is 0 Å². The zero-order valence-corrected chi connectivity index (χ0v) is 11.7. The highest BCUT2D eigenvalue weighted by atomic mass is 16.8. The van der Waals surface area contributed by atoms with Crippen LogP contribution in [0.25, 0.3) is 0 Å². The van der Waals surface area contributed by atoms with E-state index in [1.165, 1.54) is 0 Å². The Bertz CT molecular complexity index is 539. The first-order chi connectivity index (χ1) is 9.42. The van der Waals surface area contributed by atoms with Gasteiger partial charge in [-0.3, -0.25) is 0 Å². The SMILES string of the molecule is C=CC[C@@H](O)[C@@]12OC(C)(C)O[C@@H]1c1ccccc1[C@H]2O. The van der Waals surface area contributed by atoms with Crippen LogP contribution in [-0.2, 0) is 9.47 Å². The van der Waals surface area contributed by atoms with Crippen LogP contribution < -0.4 is 0 Å². The third kappa shape index (κ3) is 1.69. The van der Waals surface area contributed by atoms with Gasteiger partial charge >= 0.3 is 0 Å². The standard InChI is InChI=1S/C16H20O4/c1-4-7-12(17)16-13(18)10-8-5-6-9-11(10)14(16)19-15(2,3)20-16/h4-6,8-9,12-14,17-18H,1,7H2,2-3H3/t12-,13-,14-,16+/m1/s1. The van der Waals surface area contributed by atoms with Gasteiger partial charge in [-0.1, -0.05) is 30.3 Å². The lowest BCUT2D eigenvalue weighted by atomic mass is 9.87. The summed E-state index contributed by atoms with van der Waals surface area (Å²) in [5, 5.41) is 21.3. The van der Waals surface area contributed by atoms with Gasteiger partial charge in [0.15, 0.2) is 11.4 Å². The third-order valence-electron chi connectivity index (χ3n) is 4.15. The number of hydrogen-bond acceptors (Lipinski definition) is 4. The van der Waals surface area contributed by atoms with E-state index in [1.807, 2.05) is 24.3 Å². The molecule has 2 aliphatic rings. The number of benzene rings is 1. The van der Waals surface area contributed by atoms with Crippen LogP contribution in [0.5, 0.6) is 0 Å². The van der Waals surface area contributed by atoms with Crippen molar-refractivity contribution in [1.29, 1.82) is 0 Å². The van der Waals surface area contributed by atoms with Crippen molar-refractivity contribution in [2.75, 3.05) is 0 Å². The lowest BCUT2D eigenvalue weighted by molar-refractivity contribution is -0.214. The van der Waals surface area contributed by atoms with Gasteiger partial charge < -0.3 is 19.7 Å². The molecule has 1 aliphatic heterocycles. The number of hydrogen-bond donors (Lipinski definition) is 2. The Morgan fingerprint density at radius 2 is 2.00 bits per heavy atom. The quantitative estimate of drug-likeness (QED) is 0.831. The second-order valence-electron chi connectivity index (χ2n) is 5.92. The maximum absolute atomic E-state index is 10.7. The maximum atomic E-state index is 10.7. The first-order valence-corrected chi connectivity index (χ1v) is 6.86. The Morgan fingerprint density at radius 3 is 2.65 bits per heavy atom. The van der Waals surface area contributed by atoms with Crippen LogP contribution in [0.1, 0.15) is 43.6 Å². The fourth-order valence-electron chi connectivity index (χ4n) is 3.39. The molecular formula is C16H20O4. The highest BCUT2D eigenvalue weighted by Crippen LogP contribution is 2.59. The van der Waals surface area contributed by atoms with Crippen molar-refractivity contribution in [3.8, 4) is 0 Å². The number of rotatable bonds is 3. The summed E-state index contributed by atoms with van der Waals surface area (Å²) < 4.78 is 12.0. The van der Waals surface area contributed by atoms with E-state index in [4.69, 9.17) is 9.47 Å². The predicted octanol–water partition coefficient (Wildman–Crippen LogP) is 2.23. The molecule has 1 aromatic carbocycles. The minimum atomic E-state index is -1.17. The summed E-state index contributed by atoms with van der Waals surface area (Å²) >= 11 is 0. The molecule has 1 saturated heterocycles. The number of aliphatic hydroxyl groups is 2.